The fourth-order valence-electron chi connectivity index (χ4n) is 5.44. The molecule has 2 amide bonds. The molecule has 1 N–H and O–H groups in total. The van der Waals surface area contributed by atoms with Crippen LogP contribution in [0.1, 0.15) is 61.3 Å². The SMILES string of the molecule is Cc1ccc(N(CC(=O)N(Cc2ccccc2C)C(C)C(=O)NC2CCCCC2)S(=O)(=O)c2ccccc2)c(C)c1. The minimum absolute atomic E-state index is 0.0966. The summed E-state index contributed by atoms with van der Waals surface area (Å²) in [7, 11) is -4.08. The molecule has 1 fully saturated rings. The van der Waals surface area contributed by atoms with Crippen molar-refractivity contribution in [2.45, 2.75) is 83.3 Å². The fourth-order valence-corrected chi connectivity index (χ4v) is 6.94. The summed E-state index contributed by atoms with van der Waals surface area (Å²) >= 11 is 0. The molecule has 1 atom stereocenters. The summed E-state index contributed by atoms with van der Waals surface area (Å²) in [5.74, 6) is -0.665. The molecule has 0 aliphatic heterocycles. The van der Waals surface area contributed by atoms with Crippen LogP contribution in [0, 0.1) is 20.8 Å². The van der Waals surface area contributed by atoms with Crippen LogP contribution in [-0.4, -0.2) is 43.8 Å². The first-order chi connectivity index (χ1) is 19.6. The van der Waals surface area contributed by atoms with E-state index in [1.54, 1.807) is 31.2 Å². The molecular formula is C33H41N3O4S. The van der Waals surface area contributed by atoms with Crippen LogP contribution in [0.2, 0.25) is 0 Å². The van der Waals surface area contributed by atoms with Crippen LogP contribution < -0.4 is 9.62 Å². The second-order valence-electron chi connectivity index (χ2n) is 11.1. The Morgan fingerprint density at radius 3 is 2.20 bits per heavy atom. The van der Waals surface area contributed by atoms with E-state index in [1.807, 2.05) is 57.2 Å². The lowest BCUT2D eigenvalue weighted by Gasteiger charge is -2.34. The first kappa shape index (κ1) is 30.3. The van der Waals surface area contributed by atoms with E-state index in [9.17, 15) is 18.0 Å². The van der Waals surface area contributed by atoms with Crippen LogP contribution in [0.15, 0.2) is 77.7 Å². The third kappa shape index (κ3) is 7.36. The molecule has 0 radical (unpaired) electrons. The first-order valence-electron chi connectivity index (χ1n) is 14.4. The summed E-state index contributed by atoms with van der Waals surface area (Å²) in [6, 6.07) is 20.7. The number of hydrogen-bond acceptors (Lipinski definition) is 4. The van der Waals surface area contributed by atoms with Crippen molar-refractivity contribution in [1.82, 2.24) is 10.2 Å². The Bertz CT molecular complexity index is 1470. The summed E-state index contributed by atoms with van der Waals surface area (Å²) < 4.78 is 29.1. The first-order valence-corrected chi connectivity index (χ1v) is 15.8. The van der Waals surface area contributed by atoms with Crippen LogP contribution in [0.3, 0.4) is 0 Å². The van der Waals surface area contributed by atoms with E-state index in [4.69, 9.17) is 0 Å². The fraction of sp³-hybridized carbons (Fsp3) is 0.394. The molecule has 3 aromatic rings. The van der Waals surface area contributed by atoms with E-state index in [-0.39, 0.29) is 23.4 Å². The minimum atomic E-state index is -4.08. The molecule has 0 spiro atoms. The third-order valence-corrected chi connectivity index (χ3v) is 9.73. The van der Waals surface area contributed by atoms with E-state index in [1.165, 1.54) is 27.8 Å². The largest absolute Gasteiger partial charge is 0.352 e. The lowest BCUT2D eigenvalue weighted by Crippen LogP contribution is -2.53. The van der Waals surface area contributed by atoms with E-state index in [2.05, 4.69) is 5.32 Å². The number of sulfonamides is 1. The lowest BCUT2D eigenvalue weighted by atomic mass is 9.95. The van der Waals surface area contributed by atoms with E-state index in [0.717, 1.165) is 47.9 Å². The zero-order valence-corrected chi connectivity index (χ0v) is 25.3. The number of rotatable bonds is 10. The van der Waals surface area contributed by atoms with Crippen molar-refractivity contribution < 1.29 is 18.0 Å². The van der Waals surface area contributed by atoms with Gasteiger partial charge in [-0.05, 0) is 75.4 Å². The minimum Gasteiger partial charge on any atom is -0.352 e. The highest BCUT2D eigenvalue weighted by Gasteiger charge is 2.33. The summed E-state index contributed by atoms with van der Waals surface area (Å²) in [6.45, 7) is 7.22. The summed E-state index contributed by atoms with van der Waals surface area (Å²) in [4.78, 5) is 29.2. The molecule has 218 valence electrons. The molecule has 7 nitrogen and oxygen atoms in total. The van der Waals surface area contributed by atoms with Gasteiger partial charge >= 0.3 is 0 Å². The quantitative estimate of drug-likeness (QED) is 0.337. The standard InChI is InChI=1S/C33H41N3O4S/c1-24-19-20-31(26(3)21-24)36(41(39,40)30-17-9-6-10-18-30)23-32(37)35(22-28-14-12-11-13-25(28)2)27(4)33(38)34-29-15-7-5-8-16-29/h6,9-14,17-21,27,29H,5,7-8,15-16,22-23H2,1-4H3,(H,34,38). The van der Waals surface area contributed by atoms with Gasteiger partial charge in [0.2, 0.25) is 11.8 Å². The maximum Gasteiger partial charge on any atom is 0.264 e. The second-order valence-corrected chi connectivity index (χ2v) is 12.9. The summed E-state index contributed by atoms with van der Waals surface area (Å²) in [5, 5.41) is 3.15. The molecule has 1 saturated carbocycles. The average molecular weight is 576 g/mol. The number of anilines is 1. The molecule has 8 heteroatoms. The van der Waals surface area contributed by atoms with Gasteiger partial charge in [0, 0.05) is 12.6 Å². The van der Waals surface area contributed by atoms with Crippen molar-refractivity contribution in [2.75, 3.05) is 10.8 Å². The van der Waals surface area contributed by atoms with Gasteiger partial charge in [0.05, 0.1) is 10.6 Å². The van der Waals surface area contributed by atoms with Gasteiger partial charge in [-0.25, -0.2) is 8.42 Å². The number of benzene rings is 3. The van der Waals surface area contributed by atoms with Crippen molar-refractivity contribution in [1.29, 1.82) is 0 Å². The number of hydrogen-bond donors (Lipinski definition) is 1. The van der Waals surface area contributed by atoms with Gasteiger partial charge < -0.3 is 10.2 Å². The molecule has 3 aromatic carbocycles. The number of amides is 2. The zero-order chi connectivity index (χ0) is 29.6. The Morgan fingerprint density at radius 1 is 0.878 bits per heavy atom. The van der Waals surface area contributed by atoms with Gasteiger partial charge in [-0.1, -0.05) is 79.4 Å². The number of nitrogens with zero attached hydrogens (tertiary/aromatic N) is 2. The zero-order valence-electron chi connectivity index (χ0n) is 24.5. The topological polar surface area (TPSA) is 86.8 Å². The highest BCUT2D eigenvalue weighted by molar-refractivity contribution is 7.92. The van der Waals surface area contributed by atoms with Gasteiger partial charge in [-0.2, -0.15) is 0 Å². The van der Waals surface area contributed by atoms with Crippen molar-refractivity contribution in [3.8, 4) is 0 Å². The Morgan fingerprint density at radius 2 is 1.54 bits per heavy atom. The maximum absolute atomic E-state index is 14.2. The predicted octanol–water partition coefficient (Wildman–Crippen LogP) is 5.67. The molecule has 41 heavy (non-hydrogen) atoms. The molecular weight excluding hydrogens is 534 g/mol. The highest BCUT2D eigenvalue weighted by Crippen LogP contribution is 2.28. The number of carbonyl (C=O) groups is 2. The van der Waals surface area contributed by atoms with Gasteiger partial charge in [0.1, 0.15) is 12.6 Å². The van der Waals surface area contributed by atoms with E-state index in [0.29, 0.717) is 5.69 Å². The highest BCUT2D eigenvalue weighted by atomic mass is 32.2. The predicted molar refractivity (Wildman–Crippen MR) is 163 cm³/mol. The molecule has 0 aromatic heterocycles. The van der Waals surface area contributed by atoms with Crippen LogP contribution in [-0.2, 0) is 26.2 Å². The van der Waals surface area contributed by atoms with Crippen LogP contribution in [0.4, 0.5) is 5.69 Å². The second kappa shape index (κ2) is 13.3. The normalized spacial score (nSPS) is 14.7. The smallest absolute Gasteiger partial charge is 0.264 e. The van der Waals surface area contributed by atoms with Crippen molar-refractivity contribution >= 4 is 27.5 Å². The van der Waals surface area contributed by atoms with E-state index < -0.39 is 28.5 Å². The monoisotopic (exact) mass is 575 g/mol. The number of nitrogens with one attached hydrogen (secondary N) is 1. The molecule has 1 aliphatic rings. The van der Waals surface area contributed by atoms with Crippen LogP contribution >= 0.6 is 0 Å². The van der Waals surface area contributed by atoms with Crippen LogP contribution in [0.5, 0.6) is 0 Å². The Hall–Kier alpha value is -3.65. The number of aryl methyl sites for hydroxylation is 3. The van der Waals surface area contributed by atoms with Crippen molar-refractivity contribution in [2.24, 2.45) is 0 Å². The molecule has 0 saturated heterocycles. The Kier molecular flexibility index (Phi) is 9.86. The van der Waals surface area contributed by atoms with E-state index >= 15 is 0 Å². The molecule has 4 rings (SSSR count). The van der Waals surface area contributed by atoms with Crippen LogP contribution in [0.25, 0.3) is 0 Å². The Balaban J connectivity index is 1.70. The maximum atomic E-state index is 14.2. The average Bonchev–Trinajstić information content (AvgIpc) is 2.96. The van der Waals surface area contributed by atoms with Gasteiger partial charge in [-0.15, -0.1) is 0 Å². The Labute approximate surface area is 244 Å². The van der Waals surface area contributed by atoms with Crippen molar-refractivity contribution in [3.05, 3.63) is 95.1 Å². The summed E-state index contributed by atoms with van der Waals surface area (Å²) in [6.07, 6.45) is 5.19. The number of carbonyl (C=O) groups excluding carboxylic acids is 2. The lowest BCUT2D eigenvalue weighted by molar-refractivity contribution is -0.139. The molecule has 0 heterocycles. The molecule has 1 unspecified atom stereocenters. The third-order valence-electron chi connectivity index (χ3n) is 7.95. The summed E-state index contributed by atoms with van der Waals surface area (Å²) in [5.41, 5.74) is 4.06. The van der Waals surface area contributed by atoms with Gasteiger partial charge in [0.25, 0.3) is 10.0 Å². The van der Waals surface area contributed by atoms with Crippen molar-refractivity contribution in [3.63, 3.8) is 0 Å². The van der Waals surface area contributed by atoms with Gasteiger partial charge in [0.15, 0.2) is 0 Å². The molecule has 1 aliphatic carbocycles. The molecule has 0 bridgehead atoms. The van der Waals surface area contributed by atoms with Gasteiger partial charge in [-0.3, -0.25) is 13.9 Å².